The van der Waals surface area contributed by atoms with Crippen LogP contribution in [-0.4, -0.2) is 57.7 Å². The normalized spacial score (nSPS) is 15.0. The third-order valence-electron chi connectivity index (χ3n) is 4.84. The van der Waals surface area contributed by atoms with Crippen LogP contribution in [0.4, 0.5) is 11.4 Å². The first-order valence-electron chi connectivity index (χ1n) is 9.89. The highest BCUT2D eigenvalue weighted by Crippen LogP contribution is 2.23. The van der Waals surface area contributed by atoms with E-state index in [1.54, 1.807) is 4.68 Å². The molecule has 1 fully saturated rings. The van der Waals surface area contributed by atoms with Crippen LogP contribution in [0, 0.1) is 0 Å². The monoisotopic (exact) mass is 424 g/mol. The Kier molecular flexibility index (Phi) is 6.60. The van der Waals surface area contributed by atoms with Gasteiger partial charge in [0.1, 0.15) is 0 Å². The Morgan fingerprint density at radius 3 is 2.60 bits per heavy atom. The number of nitrogens with one attached hydrogen (secondary N) is 1. The van der Waals surface area contributed by atoms with Gasteiger partial charge in [-0.1, -0.05) is 42.1 Å². The number of anilines is 2. The Morgan fingerprint density at radius 2 is 1.87 bits per heavy atom. The van der Waals surface area contributed by atoms with E-state index in [2.05, 4.69) is 25.7 Å². The summed E-state index contributed by atoms with van der Waals surface area (Å²) >= 11 is 1.34. The van der Waals surface area contributed by atoms with Gasteiger partial charge in [0.15, 0.2) is 0 Å². The number of benzene rings is 2. The molecule has 1 atom stereocenters. The molecule has 1 aromatic heterocycles. The van der Waals surface area contributed by atoms with E-state index in [0.29, 0.717) is 11.7 Å². The van der Waals surface area contributed by atoms with Crippen LogP contribution >= 0.6 is 11.8 Å². The standard InChI is InChI=1S/C21H24N6O2S/c1-16(30-21-23-24-25-27(21)15-17-5-3-2-4-6-17)20(28)22-18-7-9-19(10-8-18)26-11-13-29-14-12-26/h2-10,16H,11-15H2,1H3,(H,22,28)/t16-/m1/s1. The number of hydrogen-bond acceptors (Lipinski definition) is 7. The Balaban J connectivity index is 1.34. The molecule has 1 N–H and O–H groups in total. The molecule has 0 aliphatic carbocycles. The summed E-state index contributed by atoms with van der Waals surface area (Å²) in [6, 6.07) is 17.9. The largest absolute Gasteiger partial charge is 0.378 e. The molecule has 0 unspecified atom stereocenters. The van der Waals surface area contributed by atoms with Crippen molar-refractivity contribution in [1.29, 1.82) is 0 Å². The van der Waals surface area contributed by atoms with Crippen LogP contribution in [0.5, 0.6) is 0 Å². The van der Waals surface area contributed by atoms with Crippen molar-refractivity contribution >= 4 is 29.0 Å². The van der Waals surface area contributed by atoms with Crippen molar-refractivity contribution in [3.63, 3.8) is 0 Å². The summed E-state index contributed by atoms with van der Waals surface area (Å²) in [5.74, 6) is -0.0895. The van der Waals surface area contributed by atoms with Crippen LogP contribution in [-0.2, 0) is 16.1 Å². The molecule has 2 aromatic carbocycles. The van der Waals surface area contributed by atoms with Gasteiger partial charge in [-0.2, -0.15) is 0 Å². The summed E-state index contributed by atoms with van der Waals surface area (Å²) in [7, 11) is 0. The molecule has 1 amide bonds. The third-order valence-corrected chi connectivity index (χ3v) is 5.91. The van der Waals surface area contributed by atoms with E-state index in [4.69, 9.17) is 4.74 Å². The zero-order chi connectivity index (χ0) is 20.8. The van der Waals surface area contributed by atoms with Gasteiger partial charge in [0.2, 0.25) is 11.1 Å². The summed E-state index contributed by atoms with van der Waals surface area (Å²) < 4.78 is 7.10. The molecule has 1 saturated heterocycles. The number of carbonyl (C=O) groups excluding carboxylic acids is 1. The molecule has 8 nitrogen and oxygen atoms in total. The van der Waals surface area contributed by atoms with Crippen LogP contribution in [0.3, 0.4) is 0 Å². The average Bonchev–Trinajstić information content (AvgIpc) is 3.22. The minimum atomic E-state index is -0.343. The Bertz CT molecular complexity index is 957. The second-order valence-corrected chi connectivity index (χ2v) is 8.31. The highest BCUT2D eigenvalue weighted by molar-refractivity contribution is 8.00. The van der Waals surface area contributed by atoms with Gasteiger partial charge in [0, 0.05) is 24.5 Å². The lowest BCUT2D eigenvalue weighted by molar-refractivity contribution is -0.115. The average molecular weight is 425 g/mol. The van der Waals surface area contributed by atoms with Gasteiger partial charge in [-0.15, -0.1) is 5.10 Å². The second-order valence-electron chi connectivity index (χ2n) is 7.00. The summed E-state index contributed by atoms with van der Waals surface area (Å²) in [6.07, 6.45) is 0. The molecular weight excluding hydrogens is 400 g/mol. The number of hydrogen-bond donors (Lipinski definition) is 1. The van der Waals surface area contributed by atoms with Crippen molar-refractivity contribution in [2.75, 3.05) is 36.5 Å². The SMILES string of the molecule is C[C@@H](Sc1nnnn1Cc1ccccc1)C(=O)Nc1ccc(N2CCOCC2)cc1. The smallest absolute Gasteiger partial charge is 0.237 e. The topological polar surface area (TPSA) is 85.2 Å². The molecule has 0 radical (unpaired) electrons. The second kappa shape index (κ2) is 9.73. The first kappa shape index (κ1) is 20.4. The van der Waals surface area contributed by atoms with E-state index in [0.717, 1.165) is 43.2 Å². The van der Waals surface area contributed by atoms with Crippen LogP contribution in [0.2, 0.25) is 0 Å². The van der Waals surface area contributed by atoms with Gasteiger partial charge in [0.25, 0.3) is 0 Å². The van der Waals surface area contributed by atoms with Crippen LogP contribution in [0.1, 0.15) is 12.5 Å². The number of carbonyl (C=O) groups is 1. The van der Waals surface area contributed by atoms with E-state index >= 15 is 0 Å². The van der Waals surface area contributed by atoms with Crippen molar-refractivity contribution in [3.05, 3.63) is 60.2 Å². The fourth-order valence-electron chi connectivity index (χ4n) is 3.17. The maximum Gasteiger partial charge on any atom is 0.237 e. The molecule has 1 aliphatic rings. The fraction of sp³-hybridized carbons (Fsp3) is 0.333. The van der Waals surface area contributed by atoms with Gasteiger partial charge in [-0.25, -0.2) is 4.68 Å². The number of rotatable bonds is 7. The lowest BCUT2D eigenvalue weighted by atomic mass is 10.2. The predicted octanol–water partition coefficient (Wildman–Crippen LogP) is 2.68. The molecule has 0 spiro atoms. The van der Waals surface area contributed by atoms with Crippen LogP contribution < -0.4 is 10.2 Å². The lowest BCUT2D eigenvalue weighted by Crippen LogP contribution is -2.36. The van der Waals surface area contributed by atoms with Gasteiger partial charge in [-0.05, 0) is 47.2 Å². The Labute approximate surface area is 179 Å². The van der Waals surface area contributed by atoms with Gasteiger partial charge in [0.05, 0.1) is 25.0 Å². The molecule has 3 aromatic rings. The highest BCUT2D eigenvalue weighted by atomic mass is 32.2. The zero-order valence-electron chi connectivity index (χ0n) is 16.8. The zero-order valence-corrected chi connectivity index (χ0v) is 17.6. The highest BCUT2D eigenvalue weighted by Gasteiger charge is 2.19. The minimum Gasteiger partial charge on any atom is -0.378 e. The van der Waals surface area contributed by atoms with E-state index in [-0.39, 0.29) is 11.2 Å². The number of tetrazole rings is 1. The van der Waals surface area contributed by atoms with Crippen molar-refractivity contribution < 1.29 is 9.53 Å². The lowest BCUT2D eigenvalue weighted by Gasteiger charge is -2.28. The fourth-order valence-corrected chi connectivity index (χ4v) is 3.96. The van der Waals surface area contributed by atoms with Crippen molar-refractivity contribution in [1.82, 2.24) is 20.2 Å². The number of morpholine rings is 1. The quantitative estimate of drug-likeness (QED) is 0.584. The number of nitrogens with zero attached hydrogens (tertiary/aromatic N) is 5. The van der Waals surface area contributed by atoms with Gasteiger partial charge in [-0.3, -0.25) is 4.79 Å². The number of thioether (sulfide) groups is 1. The van der Waals surface area contributed by atoms with Crippen LogP contribution in [0.15, 0.2) is 59.8 Å². The summed E-state index contributed by atoms with van der Waals surface area (Å²) in [5, 5.41) is 15.1. The molecule has 30 heavy (non-hydrogen) atoms. The number of ether oxygens (including phenoxy) is 1. The minimum absolute atomic E-state index is 0.0895. The van der Waals surface area contributed by atoms with Crippen molar-refractivity contribution in [2.45, 2.75) is 23.9 Å². The number of aromatic nitrogens is 4. The molecule has 0 bridgehead atoms. The van der Waals surface area contributed by atoms with Crippen molar-refractivity contribution in [2.24, 2.45) is 0 Å². The van der Waals surface area contributed by atoms with E-state index in [1.165, 1.54) is 11.8 Å². The Morgan fingerprint density at radius 1 is 1.13 bits per heavy atom. The maximum absolute atomic E-state index is 12.7. The molecule has 4 rings (SSSR count). The first-order valence-corrected chi connectivity index (χ1v) is 10.8. The number of amides is 1. The molecule has 9 heteroatoms. The molecule has 156 valence electrons. The molecule has 2 heterocycles. The van der Waals surface area contributed by atoms with E-state index in [9.17, 15) is 4.79 Å². The summed E-state index contributed by atoms with van der Waals surface area (Å²) in [4.78, 5) is 14.9. The van der Waals surface area contributed by atoms with Crippen molar-refractivity contribution in [3.8, 4) is 0 Å². The summed E-state index contributed by atoms with van der Waals surface area (Å²) in [5.41, 5.74) is 3.01. The first-order chi connectivity index (χ1) is 14.7. The molecule has 0 saturated carbocycles. The molecule has 1 aliphatic heterocycles. The maximum atomic E-state index is 12.7. The summed E-state index contributed by atoms with van der Waals surface area (Å²) in [6.45, 7) is 5.68. The Hall–Kier alpha value is -2.91. The molecular formula is C21H24N6O2S. The third kappa shape index (κ3) is 5.17. The van der Waals surface area contributed by atoms with E-state index in [1.807, 2.05) is 61.5 Å². The van der Waals surface area contributed by atoms with Gasteiger partial charge >= 0.3 is 0 Å². The predicted molar refractivity (Wildman–Crippen MR) is 117 cm³/mol. The van der Waals surface area contributed by atoms with E-state index < -0.39 is 0 Å². The van der Waals surface area contributed by atoms with Gasteiger partial charge < -0.3 is 15.0 Å². The van der Waals surface area contributed by atoms with Crippen LogP contribution in [0.25, 0.3) is 0 Å².